The molecule has 1 radical (unpaired) electrons. The fourth-order valence-electron chi connectivity index (χ4n) is 12.3. The Kier molecular flexibility index (Phi) is 22.3. The van der Waals surface area contributed by atoms with Gasteiger partial charge >= 0.3 is 16.8 Å². The molecule has 1 saturated heterocycles. The van der Waals surface area contributed by atoms with Crippen molar-refractivity contribution >= 4 is 58.5 Å². The fraction of sp³-hybridized carbons (Fsp3) is 0.640. The first-order valence-corrected chi connectivity index (χ1v) is 23.7. The van der Waals surface area contributed by atoms with Crippen LogP contribution in [-0.2, 0) is 50.3 Å². The number of hydrogen-bond donors (Lipinski definition) is 9. The van der Waals surface area contributed by atoms with E-state index in [-0.39, 0.29) is 98.9 Å². The van der Waals surface area contributed by atoms with Crippen molar-refractivity contribution < 1.29 is 60.9 Å². The number of rotatable bonds is 20. The van der Waals surface area contributed by atoms with Gasteiger partial charge in [0.25, 0.3) is 0 Å². The standard InChI is InChI=1S/C48H73N11O8.2CN.Co.H2O/c1-23(60)22-55-38(67)16-17-45(6)29(18-35(52)64)43-48(9)47(8,21-37(54)66)28(12-15-34(51)63)40(59-48)25(3)42-46(7,20-36(53)65)26(10-13-32(49)61)30(56-42)19-31-44(4,5)27(11-14-33(50)62)39(57-31)24(2)41(45)58-43;2*1-2;;/h19,23,26-29,43,56,60H,10-18,20-22H2,1-9H3,(H2,49,61)(H2,50,62)(H2,51,63)(H2,52,64)(H2,53,65)(H2,54,66)(H,55,67);;;;1H2/q;2*-1;+2;/b30-19-,39-24-,42-25-;;;;/t23-,26+,27+,28+,29-,43?,45+,46-,47-,48-;;;;/m0..../s1. The zero-order valence-corrected chi connectivity index (χ0v) is 44.4. The molecular formula is C50H75CoN13O9. The molecule has 5 heterocycles. The summed E-state index contributed by atoms with van der Waals surface area (Å²) in [6.07, 6.45) is 1.23. The molecule has 0 aromatic carbocycles. The van der Waals surface area contributed by atoms with E-state index >= 15 is 0 Å². The first-order chi connectivity index (χ1) is 32.9. The Morgan fingerprint density at radius 1 is 0.740 bits per heavy atom. The monoisotopic (exact) mass is 1060 g/mol. The van der Waals surface area contributed by atoms with Gasteiger partial charge in [-0.25, -0.2) is 0 Å². The summed E-state index contributed by atoms with van der Waals surface area (Å²) in [7, 11) is 0. The largest absolute Gasteiger partial charge is 2.00 e. The van der Waals surface area contributed by atoms with Crippen molar-refractivity contribution in [2.45, 2.75) is 151 Å². The van der Waals surface area contributed by atoms with E-state index in [0.29, 0.717) is 51.8 Å². The molecule has 8 bridgehead atoms. The predicted molar refractivity (Wildman–Crippen MR) is 267 cm³/mol. The molecule has 0 aromatic rings. The molecule has 73 heavy (non-hydrogen) atoms. The predicted octanol–water partition coefficient (Wildman–Crippen LogP) is 1.10. The van der Waals surface area contributed by atoms with E-state index in [4.69, 9.17) is 73.0 Å². The quantitative estimate of drug-likeness (QED) is 0.0778. The second-order valence-electron chi connectivity index (χ2n) is 21.2. The van der Waals surface area contributed by atoms with E-state index in [9.17, 15) is 38.7 Å². The maximum atomic E-state index is 13.5. The number of amides is 7. The second-order valence-corrected chi connectivity index (χ2v) is 21.2. The molecule has 5 rings (SSSR count). The van der Waals surface area contributed by atoms with Crippen LogP contribution in [-0.4, -0.2) is 93.3 Å². The number of aliphatic imine (C=N–C) groups is 3. The number of allylic oxidation sites excluding steroid dienone is 6. The smallest absolute Gasteiger partial charge is 0.512 e. The summed E-state index contributed by atoms with van der Waals surface area (Å²) in [5.74, 6) is -6.25. The average Bonchev–Trinajstić information content (AvgIpc) is 3.88. The number of nitrogens with one attached hydrogen (secondary N) is 2. The molecule has 403 valence electrons. The fourth-order valence-corrected chi connectivity index (χ4v) is 12.3. The van der Waals surface area contributed by atoms with E-state index in [0.717, 1.165) is 0 Å². The van der Waals surface area contributed by atoms with Crippen LogP contribution in [0.25, 0.3) is 0 Å². The Balaban J connectivity index is 0.00000433. The van der Waals surface area contributed by atoms with Gasteiger partial charge in [-0.2, -0.15) is 0 Å². The van der Waals surface area contributed by atoms with E-state index in [1.807, 2.05) is 61.5 Å². The number of carbonyl (C=O) groups excluding carboxylic acids is 7. The van der Waals surface area contributed by atoms with Gasteiger partial charge in [0.1, 0.15) is 0 Å². The topological polar surface area (TPSA) is 436 Å². The Labute approximate surface area is 438 Å². The minimum atomic E-state index is -1.39. The number of carbonyl (C=O) groups is 7. The molecule has 0 aliphatic carbocycles. The van der Waals surface area contributed by atoms with Gasteiger partial charge in [0.05, 0.1) is 17.7 Å². The number of nitrogens with zero attached hydrogens (tertiary/aromatic N) is 5. The Bertz CT molecular complexity index is 2420. The first-order valence-electron chi connectivity index (χ1n) is 23.7. The zero-order valence-electron chi connectivity index (χ0n) is 43.4. The Hall–Kier alpha value is -6.27. The maximum absolute atomic E-state index is 13.5. The van der Waals surface area contributed by atoms with Gasteiger partial charge < -0.3 is 79.3 Å². The molecule has 23 heteroatoms. The third-order valence-corrected chi connectivity index (χ3v) is 16.1. The molecular weight excluding hydrogens is 986 g/mol. The van der Waals surface area contributed by atoms with Gasteiger partial charge in [0.15, 0.2) is 0 Å². The molecule has 22 nitrogen and oxygen atoms in total. The number of fused-ring (bicyclic) bond motifs is 6. The van der Waals surface area contributed by atoms with Crippen LogP contribution in [0.1, 0.15) is 133 Å². The summed E-state index contributed by atoms with van der Waals surface area (Å²) in [6.45, 7) is 26.4. The van der Waals surface area contributed by atoms with Crippen molar-refractivity contribution in [3.8, 4) is 0 Å². The zero-order chi connectivity index (χ0) is 54.4. The molecule has 5 aliphatic heterocycles. The molecule has 5 aliphatic rings. The number of nitrogens with two attached hydrogens (primary N) is 6. The van der Waals surface area contributed by atoms with Crippen LogP contribution in [0.15, 0.2) is 49.3 Å². The summed E-state index contributed by atoms with van der Waals surface area (Å²) in [6, 6.07) is -0.913. The van der Waals surface area contributed by atoms with Crippen molar-refractivity contribution in [3.63, 3.8) is 0 Å². The van der Waals surface area contributed by atoms with Crippen molar-refractivity contribution in [2.75, 3.05) is 6.54 Å². The minimum absolute atomic E-state index is 0. The number of primary amides is 6. The van der Waals surface area contributed by atoms with Gasteiger partial charge in [0, 0.05) is 131 Å². The minimum Gasteiger partial charge on any atom is -0.512 e. The summed E-state index contributed by atoms with van der Waals surface area (Å²) >= 11 is 0. The number of aliphatic hydroxyl groups excluding tert-OH is 1. The van der Waals surface area contributed by atoms with Crippen LogP contribution in [0, 0.1) is 69.0 Å². The molecule has 1 unspecified atom stereocenters. The average molecular weight is 1060 g/mol. The molecule has 0 aromatic heterocycles. The number of hydrogen-bond acceptors (Lipinski definition) is 14. The summed E-state index contributed by atoms with van der Waals surface area (Å²) in [4.78, 5) is 108. The molecule has 0 spiro atoms. The maximum Gasteiger partial charge on any atom is 2.00 e. The SMILES string of the molecule is C/C1=C2N=C(/C=C3\N/C(=C(/C)C4=N[C@@](C)(C5N=C1[C@](C)(CCC(=O)NC[C@H](C)O)[C@H]5CC(N)=O)[C@@](C)(CC(N)=O)[C@@H]4CCC(N)=O)[C@@](C)(CC(N)=O)[C@@H]3CCC(N)=O)C(C)(C)[C@@H]/2CCC(N)=O.O.[C-]#N.[C-]#N.[Co+2]. The van der Waals surface area contributed by atoms with Crippen LogP contribution in [0.3, 0.4) is 0 Å². The second kappa shape index (κ2) is 25.1. The summed E-state index contributed by atoms with van der Waals surface area (Å²) < 4.78 is 0. The summed E-state index contributed by atoms with van der Waals surface area (Å²) in [5.41, 5.74) is 34.9. The van der Waals surface area contributed by atoms with Crippen LogP contribution in [0.4, 0.5) is 0 Å². The molecule has 7 amide bonds. The first kappa shape index (κ1) is 64.7. The van der Waals surface area contributed by atoms with E-state index in [2.05, 4.69) is 10.6 Å². The normalized spacial score (nSPS) is 32.3. The molecule has 1 fully saturated rings. The van der Waals surface area contributed by atoms with E-state index in [1.54, 1.807) is 6.92 Å². The van der Waals surface area contributed by atoms with Crippen molar-refractivity contribution in [1.82, 2.24) is 10.6 Å². The van der Waals surface area contributed by atoms with Crippen LogP contribution < -0.4 is 45.0 Å². The van der Waals surface area contributed by atoms with Crippen LogP contribution in [0.5, 0.6) is 0 Å². The van der Waals surface area contributed by atoms with Gasteiger partial charge in [-0.15, -0.1) is 0 Å². The third-order valence-electron chi connectivity index (χ3n) is 16.1. The molecule has 17 N–H and O–H groups in total. The van der Waals surface area contributed by atoms with Crippen LogP contribution >= 0.6 is 0 Å². The van der Waals surface area contributed by atoms with Gasteiger partial charge in [-0.3, -0.25) is 48.5 Å². The molecule has 10 atom stereocenters. The van der Waals surface area contributed by atoms with E-state index in [1.165, 1.54) is 0 Å². The molecule has 0 saturated carbocycles. The van der Waals surface area contributed by atoms with E-state index < -0.39 is 98.5 Å². The van der Waals surface area contributed by atoms with Gasteiger partial charge in [-0.05, 0) is 70.6 Å². The van der Waals surface area contributed by atoms with Gasteiger partial charge in [-0.1, -0.05) is 34.6 Å². The van der Waals surface area contributed by atoms with Crippen molar-refractivity contribution in [1.29, 1.82) is 10.5 Å². The summed E-state index contributed by atoms with van der Waals surface area (Å²) in [5, 5.41) is 28.9. The third kappa shape index (κ3) is 12.9. The number of aliphatic hydroxyl groups is 1. The van der Waals surface area contributed by atoms with Crippen LogP contribution in [0.2, 0.25) is 0 Å². The van der Waals surface area contributed by atoms with Crippen molar-refractivity contribution in [2.24, 2.45) is 94.7 Å². The Morgan fingerprint density at radius 2 is 1.25 bits per heavy atom. The Morgan fingerprint density at radius 3 is 1.73 bits per heavy atom. The van der Waals surface area contributed by atoms with Crippen molar-refractivity contribution in [3.05, 3.63) is 47.5 Å². The van der Waals surface area contributed by atoms with Gasteiger partial charge in [0.2, 0.25) is 41.4 Å².